The summed E-state index contributed by atoms with van der Waals surface area (Å²) in [4.78, 5) is 25.8. The van der Waals surface area contributed by atoms with Gasteiger partial charge in [-0.15, -0.1) is 0 Å². The average molecular weight is 331 g/mol. The lowest BCUT2D eigenvalue weighted by Crippen LogP contribution is -2.37. The molecule has 0 aliphatic carbocycles. The van der Waals surface area contributed by atoms with Gasteiger partial charge in [0.05, 0.1) is 11.5 Å². The van der Waals surface area contributed by atoms with Crippen molar-refractivity contribution in [1.82, 2.24) is 14.6 Å². The van der Waals surface area contributed by atoms with Gasteiger partial charge in [-0.25, -0.2) is 0 Å². The number of likely N-dealkylation sites (tertiary alicyclic amines) is 1. The third kappa shape index (κ3) is 2.50. The van der Waals surface area contributed by atoms with Gasteiger partial charge in [-0.3, -0.25) is 14.2 Å². The molecule has 2 aromatic heterocycles. The number of amides is 1. The zero-order chi connectivity index (χ0) is 17.6. The van der Waals surface area contributed by atoms with Crippen molar-refractivity contribution in [2.75, 3.05) is 6.54 Å². The fraction of sp³-hybridized carbons (Fsp3) is 0.471. The van der Waals surface area contributed by atoms with Gasteiger partial charge in [0.2, 0.25) is 0 Å². The van der Waals surface area contributed by atoms with E-state index in [4.69, 9.17) is 4.52 Å². The number of hydrogen-bond acceptors (Lipinski definition) is 4. The number of aryl methyl sites for hydroxylation is 2. The summed E-state index contributed by atoms with van der Waals surface area (Å²) in [5, 5.41) is 13.3. The number of carbonyl (C=O) groups excluding carboxylic acids is 1. The second-order valence-electron chi connectivity index (χ2n) is 6.39. The summed E-state index contributed by atoms with van der Waals surface area (Å²) in [6.45, 7) is 7.84. The maximum atomic E-state index is 12.9. The van der Waals surface area contributed by atoms with Gasteiger partial charge in [-0.2, -0.15) is 0 Å². The number of carbonyl (C=O) groups is 2. The molecule has 0 aromatic carbocycles. The Kier molecular flexibility index (Phi) is 3.95. The van der Waals surface area contributed by atoms with Crippen LogP contribution in [0.5, 0.6) is 0 Å². The minimum atomic E-state index is -0.846. The minimum absolute atomic E-state index is 0.134. The van der Waals surface area contributed by atoms with Crippen molar-refractivity contribution < 1.29 is 19.2 Å². The number of rotatable bonds is 3. The van der Waals surface area contributed by atoms with E-state index in [-0.39, 0.29) is 11.9 Å². The topological polar surface area (TPSA) is 88.6 Å². The third-order valence-electron chi connectivity index (χ3n) is 4.84. The average Bonchev–Trinajstić information content (AvgIpc) is 3.17. The fourth-order valence-corrected chi connectivity index (χ4v) is 3.50. The molecule has 2 unspecified atom stereocenters. The lowest BCUT2D eigenvalue weighted by Gasteiger charge is -2.23. The highest BCUT2D eigenvalue weighted by molar-refractivity contribution is 5.96. The molecule has 0 spiro atoms. The van der Waals surface area contributed by atoms with Crippen molar-refractivity contribution in [1.29, 1.82) is 0 Å². The first-order valence-corrected chi connectivity index (χ1v) is 7.97. The van der Waals surface area contributed by atoms with E-state index in [1.165, 1.54) is 0 Å². The molecule has 7 heteroatoms. The number of carboxylic acids is 1. The normalized spacial score (nSPS) is 20.6. The molecule has 1 N–H and O–H groups in total. The summed E-state index contributed by atoms with van der Waals surface area (Å²) in [7, 11) is 0. The second-order valence-corrected chi connectivity index (χ2v) is 6.39. The SMILES string of the molecule is Cc1cc(-n2c(C)cc(C(=O)N3CCC(C(=O)O)C3C)c2C)no1. The molecule has 0 saturated carbocycles. The monoisotopic (exact) mass is 331 g/mol. The van der Waals surface area contributed by atoms with Crippen molar-refractivity contribution in [3.8, 4) is 5.82 Å². The largest absolute Gasteiger partial charge is 0.481 e. The maximum Gasteiger partial charge on any atom is 0.308 e. The van der Waals surface area contributed by atoms with Crippen molar-refractivity contribution in [2.24, 2.45) is 5.92 Å². The van der Waals surface area contributed by atoms with Crippen LogP contribution in [0.3, 0.4) is 0 Å². The van der Waals surface area contributed by atoms with Crippen LogP contribution in [0.4, 0.5) is 0 Å². The predicted molar refractivity (Wildman–Crippen MR) is 86.3 cm³/mol. The van der Waals surface area contributed by atoms with E-state index >= 15 is 0 Å². The fourth-order valence-electron chi connectivity index (χ4n) is 3.50. The lowest BCUT2D eigenvalue weighted by atomic mass is 10.0. The first-order chi connectivity index (χ1) is 11.3. The molecule has 1 amide bonds. The van der Waals surface area contributed by atoms with E-state index in [0.29, 0.717) is 30.1 Å². The van der Waals surface area contributed by atoms with Crippen molar-refractivity contribution in [3.05, 3.63) is 34.8 Å². The first-order valence-electron chi connectivity index (χ1n) is 7.97. The van der Waals surface area contributed by atoms with Crippen LogP contribution in [0, 0.1) is 26.7 Å². The highest BCUT2D eigenvalue weighted by Crippen LogP contribution is 2.28. The van der Waals surface area contributed by atoms with Crippen LogP contribution in [0.15, 0.2) is 16.7 Å². The molecule has 128 valence electrons. The molecule has 3 heterocycles. The Bertz CT molecular complexity index is 805. The Hall–Kier alpha value is -2.57. The molecular weight excluding hydrogens is 310 g/mol. The summed E-state index contributed by atoms with van der Waals surface area (Å²) in [6, 6.07) is 3.32. The predicted octanol–water partition coefficient (Wildman–Crippen LogP) is 2.33. The Morgan fingerprint density at radius 1 is 1.29 bits per heavy atom. The van der Waals surface area contributed by atoms with E-state index in [0.717, 1.165) is 11.4 Å². The molecule has 7 nitrogen and oxygen atoms in total. The Morgan fingerprint density at radius 3 is 2.54 bits per heavy atom. The van der Waals surface area contributed by atoms with Gasteiger partial charge in [-0.1, -0.05) is 5.16 Å². The van der Waals surface area contributed by atoms with Crippen LogP contribution in [0.25, 0.3) is 5.82 Å². The molecule has 1 saturated heterocycles. The van der Waals surface area contributed by atoms with Gasteiger partial charge >= 0.3 is 5.97 Å². The highest BCUT2D eigenvalue weighted by atomic mass is 16.5. The van der Waals surface area contributed by atoms with Crippen LogP contribution < -0.4 is 0 Å². The molecule has 2 aromatic rings. The first kappa shape index (κ1) is 16.3. The minimum Gasteiger partial charge on any atom is -0.481 e. The van der Waals surface area contributed by atoms with Gasteiger partial charge in [0.1, 0.15) is 5.76 Å². The zero-order valence-electron chi connectivity index (χ0n) is 14.2. The van der Waals surface area contributed by atoms with Crippen LogP contribution in [0.2, 0.25) is 0 Å². The number of nitrogens with zero attached hydrogens (tertiary/aromatic N) is 3. The van der Waals surface area contributed by atoms with E-state index in [1.54, 1.807) is 11.8 Å². The van der Waals surface area contributed by atoms with E-state index in [2.05, 4.69) is 5.16 Å². The zero-order valence-corrected chi connectivity index (χ0v) is 14.2. The number of aromatic nitrogens is 2. The molecule has 3 rings (SSSR count). The summed E-state index contributed by atoms with van der Waals surface area (Å²) in [6.07, 6.45) is 0.490. The lowest BCUT2D eigenvalue weighted by molar-refractivity contribution is -0.142. The van der Waals surface area contributed by atoms with Crippen molar-refractivity contribution in [2.45, 2.75) is 40.2 Å². The maximum absolute atomic E-state index is 12.9. The third-order valence-corrected chi connectivity index (χ3v) is 4.84. The molecule has 2 atom stereocenters. The van der Waals surface area contributed by atoms with Gasteiger partial charge in [0.25, 0.3) is 5.91 Å². The van der Waals surface area contributed by atoms with Gasteiger partial charge in [0.15, 0.2) is 5.82 Å². The van der Waals surface area contributed by atoms with Crippen molar-refractivity contribution in [3.63, 3.8) is 0 Å². The summed E-state index contributed by atoms with van der Waals surface area (Å²) in [5.41, 5.74) is 2.23. The van der Waals surface area contributed by atoms with E-state index in [9.17, 15) is 14.7 Å². The Labute approximate surface area is 139 Å². The summed E-state index contributed by atoms with van der Waals surface area (Å²) < 4.78 is 7.00. The van der Waals surface area contributed by atoms with Gasteiger partial charge in [0, 0.05) is 30.0 Å². The quantitative estimate of drug-likeness (QED) is 0.932. The molecule has 1 fully saturated rings. The van der Waals surface area contributed by atoms with Crippen LogP contribution in [-0.4, -0.2) is 44.2 Å². The molecule has 0 bridgehead atoms. The standard InChI is InChI=1S/C17H21N3O4/c1-9-7-14(12(4)20(9)15-8-10(2)24-18-15)16(21)19-6-5-13(11(19)3)17(22)23/h7-8,11,13H,5-6H2,1-4H3,(H,22,23). The van der Waals surface area contributed by atoms with Crippen LogP contribution in [-0.2, 0) is 4.79 Å². The van der Waals surface area contributed by atoms with Gasteiger partial charge in [-0.05, 0) is 40.2 Å². The molecule has 24 heavy (non-hydrogen) atoms. The summed E-state index contributed by atoms with van der Waals surface area (Å²) >= 11 is 0. The molecule has 0 radical (unpaired) electrons. The summed E-state index contributed by atoms with van der Waals surface area (Å²) in [5.74, 6) is -0.148. The number of hydrogen-bond donors (Lipinski definition) is 1. The number of carboxylic acid groups (broad SMARTS) is 1. The van der Waals surface area contributed by atoms with E-state index in [1.807, 2.05) is 37.5 Å². The molecular formula is C17H21N3O4. The molecule has 1 aliphatic heterocycles. The van der Waals surface area contributed by atoms with Crippen LogP contribution in [0.1, 0.15) is 40.9 Å². The van der Waals surface area contributed by atoms with Crippen molar-refractivity contribution >= 4 is 11.9 Å². The van der Waals surface area contributed by atoms with Crippen LogP contribution >= 0.6 is 0 Å². The smallest absolute Gasteiger partial charge is 0.308 e. The number of aliphatic carboxylic acids is 1. The van der Waals surface area contributed by atoms with Gasteiger partial charge < -0.3 is 14.5 Å². The Balaban J connectivity index is 1.93. The second kappa shape index (κ2) is 5.81. The molecule has 1 aliphatic rings. The Morgan fingerprint density at radius 2 is 2.00 bits per heavy atom. The highest BCUT2D eigenvalue weighted by Gasteiger charge is 2.39. The van der Waals surface area contributed by atoms with E-state index < -0.39 is 11.9 Å².